The number of hydrogen-bond acceptors (Lipinski definition) is 4. The molecule has 0 bridgehead atoms. The van der Waals surface area contributed by atoms with Gasteiger partial charge in [-0.2, -0.15) is 0 Å². The number of aromatic nitrogens is 2. The number of benzene rings is 5. The van der Waals surface area contributed by atoms with E-state index in [0.29, 0.717) is 28.0 Å². The molecule has 7 nitrogen and oxygen atoms in total. The molecule has 1 N–H and O–H groups in total. The van der Waals surface area contributed by atoms with Gasteiger partial charge in [-0.3, -0.25) is 4.79 Å². The summed E-state index contributed by atoms with van der Waals surface area (Å²) in [6.07, 6.45) is 4.45. The lowest BCUT2D eigenvalue weighted by atomic mass is 9.94. The van der Waals surface area contributed by atoms with Crippen LogP contribution in [0.2, 0.25) is 0 Å². The number of halogens is 2. The summed E-state index contributed by atoms with van der Waals surface area (Å²) in [5.41, 5.74) is 5.65. The first-order valence-electron chi connectivity index (χ1n) is 17.1. The van der Waals surface area contributed by atoms with Crippen molar-refractivity contribution in [1.29, 1.82) is 0 Å². The minimum absolute atomic E-state index is 0.0714. The van der Waals surface area contributed by atoms with Gasteiger partial charge >= 0.3 is 5.97 Å². The Hall–Kier alpha value is -5.83. The lowest BCUT2D eigenvalue weighted by molar-refractivity contribution is 0.0696. The quantitative estimate of drug-likeness (QED) is 0.164. The van der Waals surface area contributed by atoms with Crippen molar-refractivity contribution in [1.82, 2.24) is 14.5 Å². The molecule has 258 valence electrons. The highest BCUT2D eigenvalue weighted by molar-refractivity contribution is 5.94. The van der Waals surface area contributed by atoms with Crippen molar-refractivity contribution in [2.24, 2.45) is 0 Å². The van der Waals surface area contributed by atoms with Crippen LogP contribution >= 0.6 is 0 Å². The molecule has 1 atom stereocenters. The summed E-state index contributed by atoms with van der Waals surface area (Å²) in [7, 11) is 3.43. The molecule has 0 spiro atoms. The first-order chi connectivity index (χ1) is 24.7. The number of rotatable bonds is 9. The lowest BCUT2D eigenvalue weighted by Crippen LogP contribution is -2.21. The van der Waals surface area contributed by atoms with Crippen molar-refractivity contribution in [2.75, 3.05) is 14.1 Å². The molecule has 1 aliphatic carbocycles. The number of aromatic carboxylic acids is 1. The topological polar surface area (TPSA) is 84.7 Å². The zero-order valence-corrected chi connectivity index (χ0v) is 28.4. The molecule has 9 heteroatoms. The maximum absolute atomic E-state index is 16.2. The molecule has 1 aliphatic rings. The molecule has 1 unspecified atom stereocenters. The highest BCUT2D eigenvalue weighted by atomic mass is 19.1. The fraction of sp³-hybridized carbons (Fsp3) is 0.214. The third-order valence-electron chi connectivity index (χ3n) is 9.57. The largest absolute Gasteiger partial charge is 0.481 e. The molecule has 0 radical (unpaired) electrons. The molecule has 1 fully saturated rings. The minimum Gasteiger partial charge on any atom is -0.481 e. The van der Waals surface area contributed by atoms with Gasteiger partial charge < -0.3 is 19.3 Å². The molecule has 0 saturated heterocycles. The number of carboxylic acid groups (broad SMARTS) is 1. The molecule has 1 heterocycles. The van der Waals surface area contributed by atoms with Crippen LogP contribution in [0.4, 0.5) is 8.78 Å². The van der Waals surface area contributed by atoms with E-state index in [2.05, 4.69) is 4.57 Å². The predicted octanol–water partition coefficient (Wildman–Crippen LogP) is 9.72. The summed E-state index contributed by atoms with van der Waals surface area (Å²) in [6.45, 7) is 0. The van der Waals surface area contributed by atoms with Gasteiger partial charge in [-0.1, -0.05) is 67.8 Å². The number of carboxylic acids is 1. The second-order valence-electron chi connectivity index (χ2n) is 13.2. The Balaban J connectivity index is 1.21. The summed E-state index contributed by atoms with van der Waals surface area (Å²) < 4.78 is 38.7. The van der Waals surface area contributed by atoms with E-state index in [-0.39, 0.29) is 29.1 Å². The maximum Gasteiger partial charge on any atom is 0.335 e. The number of fused-ring (bicyclic) bond motifs is 1. The van der Waals surface area contributed by atoms with Crippen LogP contribution in [-0.2, 0) is 0 Å². The zero-order valence-electron chi connectivity index (χ0n) is 28.4. The summed E-state index contributed by atoms with van der Waals surface area (Å²) in [5.74, 6) is -1.29. The molecule has 6 aromatic rings. The van der Waals surface area contributed by atoms with Gasteiger partial charge in [0, 0.05) is 31.8 Å². The monoisotopic (exact) mass is 685 g/mol. The molecule has 1 amide bonds. The van der Waals surface area contributed by atoms with E-state index in [9.17, 15) is 19.1 Å². The highest BCUT2D eigenvalue weighted by Crippen LogP contribution is 2.38. The Morgan fingerprint density at radius 1 is 0.784 bits per heavy atom. The smallest absolute Gasteiger partial charge is 0.335 e. The summed E-state index contributed by atoms with van der Waals surface area (Å²) in [5, 5.41) is 9.58. The van der Waals surface area contributed by atoms with Crippen LogP contribution in [0.1, 0.15) is 76.1 Å². The fourth-order valence-corrected chi connectivity index (χ4v) is 6.90. The summed E-state index contributed by atoms with van der Waals surface area (Å²) in [6, 6.07) is 30.8. The number of imidazole rings is 1. The average Bonchev–Trinajstić information content (AvgIpc) is 3.53. The molecular formula is C42H37F2N3O4. The molecule has 0 aliphatic heterocycles. The van der Waals surface area contributed by atoms with E-state index in [1.807, 2.05) is 36.4 Å². The second kappa shape index (κ2) is 14.2. The van der Waals surface area contributed by atoms with Crippen LogP contribution in [0.3, 0.4) is 0 Å². The van der Waals surface area contributed by atoms with Gasteiger partial charge in [0.15, 0.2) is 0 Å². The molecule has 7 rings (SSSR count). The van der Waals surface area contributed by atoms with E-state index in [4.69, 9.17) is 9.72 Å². The zero-order chi connectivity index (χ0) is 35.6. The summed E-state index contributed by atoms with van der Waals surface area (Å²) >= 11 is 0. The van der Waals surface area contributed by atoms with E-state index < -0.39 is 17.9 Å². The first kappa shape index (κ1) is 33.7. The number of amides is 1. The predicted molar refractivity (Wildman–Crippen MR) is 193 cm³/mol. The Kier molecular flexibility index (Phi) is 9.36. The van der Waals surface area contributed by atoms with Crippen molar-refractivity contribution in [3.05, 3.63) is 143 Å². The summed E-state index contributed by atoms with van der Waals surface area (Å²) in [4.78, 5) is 30.3. The fourth-order valence-electron chi connectivity index (χ4n) is 6.90. The third-order valence-corrected chi connectivity index (χ3v) is 9.57. The highest BCUT2D eigenvalue weighted by Gasteiger charge is 2.25. The van der Waals surface area contributed by atoms with E-state index in [1.165, 1.54) is 29.2 Å². The maximum atomic E-state index is 16.2. The molecular weight excluding hydrogens is 648 g/mol. The van der Waals surface area contributed by atoms with Gasteiger partial charge in [-0.25, -0.2) is 18.6 Å². The van der Waals surface area contributed by atoms with Crippen LogP contribution in [0.15, 0.2) is 109 Å². The van der Waals surface area contributed by atoms with Gasteiger partial charge in [0.2, 0.25) is 0 Å². The van der Waals surface area contributed by atoms with Crippen molar-refractivity contribution in [3.63, 3.8) is 0 Å². The third kappa shape index (κ3) is 6.97. The van der Waals surface area contributed by atoms with E-state index >= 15 is 4.39 Å². The number of carbonyl (C=O) groups is 2. The van der Waals surface area contributed by atoms with Gasteiger partial charge in [0.1, 0.15) is 29.3 Å². The Labute approximate surface area is 294 Å². The first-order valence-corrected chi connectivity index (χ1v) is 17.1. The van der Waals surface area contributed by atoms with Crippen LogP contribution in [0.5, 0.6) is 5.75 Å². The average molecular weight is 686 g/mol. The Morgan fingerprint density at radius 3 is 2.00 bits per heavy atom. The minimum atomic E-state index is -1.05. The standard InChI is InChI=1S/C42H37F2N3O4/c1-46(2)41(48)30-14-10-27(11-15-30)26-8-12-28(13-9-26)39(29-16-19-32(43)20-17-29)51-34-21-22-35(36(44)25-34)40-45-37-24-31(42(49)50)18-23-38(37)47(40)33-6-4-3-5-7-33/h8-25,33,39H,3-7H2,1-2H3,(H,49,50). The van der Waals surface area contributed by atoms with Crippen LogP contribution in [-0.4, -0.2) is 45.5 Å². The van der Waals surface area contributed by atoms with Crippen molar-refractivity contribution in [2.45, 2.75) is 44.2 Å². The van der Waals surface area contributed by atoms with Gasteiger partial charge in [0.25, 0.3) is 5.91 Å². The van der Waals surface area contributed by atoms with Crippen LogP contribution in [0.25, 0.3) is 33.5 Å². The van der Waals surface area contributed by atoms with E-state index in [0.717, 1.165) is 54.3 Å². The number of ether oxygens (including phenoxy) is 1. The molecule has 51 heavy (non-hydrogen) atoms. The van der Waals surface area contributed by atoms with Crippen LogP contribution in [0, 0.1) is 11.6 Å². The van der Waals surface area contributed by atoms with E-state index in [1.54, 1.807) is 62.6 Å². The number of nitrogens with zero attached hydrogens (tertiary/aromatic N) is 3. The Morgan fingerprint density at radius 2 is 1.39 bits per heavy atom. The Bertz CT molecular complexity index is 2210. The van der Waals surface area contributed by atoms with Crippen molar-refractivity contribution in [3.8, 4) is 28.3 Å². The van der Waals surface area contributed by atoms with Gasteiger partial charge in [-0.05, 0) is 89.7 Å². The SMILES string of the molecule is CN(C)C(=O)c1ccc(-c2ccc(C(Oc3ccc(-c4nc5cc(C(=O)O)ccc5n4C4CCCCC4)c(F)c3)c3ccc(F)cc3)cc2)cc1. The molecule has 5 aromatic carbocycles. The lowest BCUT2D eigenvalue weighted by Gasteiger charge is -2.26. The second-order valence-corrected chi connectivity index (χ2v) is 13.2. The van der Waals surface area contributed by atoms with Crippen molar-refractivity contribution >= 4 is 22.9 Å². The molecule has 1 aromatic heterocycles. The molecule has 1 saturated carbocycles. The van der Waals surface area contributed by atoms with Gasteiger partial charge in [0.05, 0.1) is 22.2 Å². The number of hydrogen-bond donors (Lipinski definition) is 1. The van der Waals surface area contributed by atoms with Crippen molar-refractivity contribution < 1.29 is 28.2 Å². The number of carbonyl (C=O) groups excluding carboxylic acids is 1. The van der Waals surface area contributed by atoms with Crippen LogP contribution < -0.4 is 4.74 Å². The van der Waals surface area contributed by atoms with Gasteiger partial charge in [-0.15, -0.1) is 0 Å². The normalized spacial score (nSPS) is 14.0.